The van der Waals surface area contributed by atoms with Crippen LogP contribution in [-0.2, 0) is 4.79 Å². The molecule has 2 aliphatic rings. The van der Waals surface area contributed by atoms with Crippen LogP contribution < -0.4 is 10.6 Å². The van der Waals surface area contributed by atoms with Crippen LogP contribution in [0.4, 0.5) is 10.5 Å². The Morgan fingerprint density at radius 2 is 1.79 bits per heavy atom. The number of nitrogens with zero attached hydrogens (tertiary/aromatic N) is 1. The zero-order chi connectivity index (χ0) is 20.8. The number of hydrogen-bond acceptors (Lipinski definition) is 2. The number of likely N-dealkylation sites (tertiary alicyclic amines) is 1. The van der Waals surface area contributed by atoms with Crippen molar-refractivity contribution in [1.29, 1.82) is 0 Å². The summed E-state index contributed by atoms with van der Waals surface area (Å²) < 4.78 is 0. The van der Waals surface area contributed by atoms with Crippen LogP contribution in [0.2, 0.25) is 0 Å². The van der Waals surface area contributed by atoms with Crippen LogP contribution in [0.1, 0.15) is 47.0 Å². The number of benzene rings is 2. The molecule has 0 aromatic heterocycles. The first-order chi connectivity index (χ1) is 13.7. The van der Waals surface area contributed by atoms with Gasteiger partial charge in [0, 0.05) is 18.0 Å². The molecule has 5 nitrogen and oxygen atoms in total. The van der Waals surface area contributed by atoms with Gasteiger partial charge in [-0.05, 0) is 48.5 Å². The second-order valence-electron chi connectivity index (χ2n) is 10.0. The van der Waals surface area contributed by atoms with Gasteiger partial charge >= 0.3 is 6.03 Å². The van der Waals surface area contributed by atoms with Crippen molar-refractivity contribution in [2.24, 2.45) is 10.8 Å². The molecule has 3 atom stereocenters. The van der Waals surface area contributed by atoms with Crippen molar-refractivity contribution in [1.82, 2.24) is 10.2 Å². The summed E-state index contributed by atoms with van der Waals surface area (Å²) >= 11 is 0. The van der Waals surface area contributed by atoms with E-state index in [1.54, 1.807) is 6.92 Å². The maximum Gasteiger partial charge on any atom is 0.319 e. The lowest BCUT2D eigenvalue weighted by Crippen LogP contribution is -2.49. The first-order valence-corrected chi connectivity index (χ1v) is 10.5. The molecule has 1 heterocycles. The van der Waals surface area contributed by atoms with Crippen LogP contribution in [0.25, 0.3) is 10.8 Å². The predicted molar refractivity (Wildman–Crippen MR) is 117 cm³/mol. The van der Waals surface area contributed by atoms with E-state index in [4.69, 9.17) is 0 Å². The van der Waals surface area contributed by atoms with Gasteiger partial charge in [-0.1, -0.05) is 57.2 Å². The third-order valence-electron chi connectivity index (χ3n) is 6.45. The lowest BCUT2D eigenvalue weighted by molar-refractivity contribution is -0.133. The van der Waals surface area contributed by atoms with Gasteiger partial charge in [0.25, 0.3) is 0 Å². The van der Waals surface area contributed by atoms with E-state index in [1.807, 2.05) is 47.4 Å². The highest BCUT2D eigenvalue weighted by Crippen LogP contribution is 2.52. The molecule has 2 N–H and O–H groups in total. The number of amides is 3. The van der Waals surface area contributed by atoms with Gasteiger partial charge in [0.05, 0.1) is 5.69 Å². The Morgan fingerprint density at radius 1 is 1.07 bits per heavy atom. The highest BCUT2D eigenvalue weighted by Gasteiger charge is 2.51. The fraction of sp³-hybridized carbons (Fsp3) is 0.500. The topological polar surface area (TPSA) is 61.4 Å². The number of nitrogens with one attached hydrogen (secondary N) is 2. The van der Waals surface area contributed by atoms with Crippen LogP contribution in [-0.4, -0.2) is 35.5 Å². The molecule has 2 aromatic carbocycles. The Morgan fingerprint density at radius 3 is 2.59 bits per heavy atom. The minimum Gasteiger partial charge on any atom is -0.337 e. The number of urea groups is 1. The molecule has 3 unspecified atom stereocenters. The molecule has 1 saturated carbocycles. The van der Waals surface area contributed by atoms with Crippen molar-refractivity contribution in [3.8, 4) is 0 Å². The van der Waals surface area contributed by atoms with Gasteiger partial charge in [0.15, 0.2) is 0 Å². The zero-order valence-corrected chi connectivity index (χ0v) is 17.8. The van der Waals surface area contributed by atoms with Crippen molar-refractivity contribution in [3.05, 3.63) is 42.5 Å². The fourth-order valence-electron chi connectivity index (χ4n) is 5.72. The average Bonchev–Trinajstić information content (AvgIpc) is 2.90. The zero-order valence-electron chi connectivity index (χ0n) is 17.8. The van der Waals surface area contributed by atoms with Crippen LogP contribution >= 0.6 is 0 Å². The lowest BCUT2D eigenvalue weighted by atomic mass is 9.65. The van der Waals surface area contributed by atoms with E-state index in [2.05, 4.69) is 31.4 Å². The molecular formula is C24H31N3O2. The molecule has 154 valence electrons. The summed E-state index contributed by atoms with van der Waals surface area (Å²) in [5.41, 5.74) is 1.19. The Balaban J connectivity index is 1.42. The summed E-state index contributed by atoms with van der Waals surface area (Å²) in [5, 5.41) is 7.79. The van der Waals surface area contributed by atoms with Crippen LogP contribution in [0.5, 0.6) is 0 Å². The quantitative estimate of drug-likeness (QED) is 0.788. The minimum absolute atomic E-state index is 0.0181. The second kappa shape index (κ2) is 7.05. The molecule has 3 amide bonds. The summed E-state index contributed by atoms with van der Waals surface area (Å²) in [7, 11) is 0. The Labute approximate surface area is 172 Å². The molecule has 2 aromatic rings. The third kappa shape index (κ3) is 3.96. The molecule has 1 aliphatic carbocycles. The molecule has 1 aliphatic heterocycles. The Bertz CT molecular complexity index is 949. The third-order valence-corrected chi connectivity index (χ3v) is 6.45. The molecule has 29 heavy (non-hydrogen) atoms. The van der Waals surface area contributed by atoms with Gasteiger partial charge in [0.2, 0.25) is 5.91 Å². The average molecular weight is 394 g/mol. The standard InChI is InChI=1S/C24H31N3O2/c1-16(21(28)27-15-24(4)13-18(27)12-23(2,3)14-24)25-22(29)26-20-11-7-9-17-8-5-6-10-19(17)20/h5-11,16,18H,12-15H2,1-4H3,(H2,25,26,29). The summed E-state index contributed by atoms with van der Waals surface area (Å²) in [6.07, 6.45) is 3.24. The van der Waals surface area contributed by atoms with Gasteiger partial charge in [-0.2, -0.15) is 0 Å². The van der Waals surface area contributed by atoms with Crippen molar-refractivity contribution in [2.45, 2.75) is 59.0 Å². The first-order valence-electron chi connectivity index (χ1n) is 10.5. The molecule has 1 saturated heterocycles. The highest BCUT2D eigenvalue weighted by atomic mass is 16.2. The van der Waals surface area contributed by atoms with Gasteiger partial charge in [-0.15, -0.1) is 0 Å². The van der Waals surface area contributed by atoms with E-state index in [9.17, 15) is 9.59 Å². The predicted octanol–water partition coefficient (Wildman–Crippen LogP) is 4.78. The van der Waals surface area contributed by atoms with Gasteiger partial charge in [-0.3, -0.25) is 4.79 Å². The Hall–Kier alpha value is -2.56. The van der Waals surface area contributed by atoms with E-state index < -0.39 is 6.04 Å². The van der Waals surface area contributed by atoms with E-state index >= 15 is 0 Å². The Kier molecular flexibility index (Phi) is 4.80. The summed E-state index contributed by atoms with van der Waals surface area (Å²) in [6, 6.07) is 13.1. The molecular weight excluding hydrogens is 362 g/mol. The van der Waals surface area contributed by atoms with Crippen LogP contribution in [0.3, 0.4) is 0 Å². The van der Waals surface area contributed by atoms with Gasteiger partial charge < -0.3 is 15.5 Å². The number of anilines is 1. The van der Waals surface area contributed by atoms with Crippen LogP contribution in [0, 0.1) is 10.8 Å². The molecule has 0 radical (unpaired) electrons. The van der Waals surface area contributed by atoms with Gasteiger partial charge in [-0.25, -0.2) is 4.79 Å². The fourth-order valence-corrected chi connectivity index (χ4v) is 5.72. The van der Waals surface area contributed by atoms with Crippen LogP contribution in [0.15, 0.2) is 42.5 Å². The van der Waals surface area contributed by atoms with Crippen molar-refractivity contribution in [3.63, 3.8) is 0 Å². The van der Waals surface area contributed by atoms with Gasteiger partial charge in [0.1, 0.15) is 6.04 Å². The number of carbonyl (C=O) groups is 2. The smallest absolute Gasteiger partial charge is 0.319 e. The summed E-state index contributed by atoms with van der Waals surface area (Å²) in [4.78, 5) is 27.7. The molecule has 2 fully saturated rings. The number of rotatable bonds is 3. The first kappa shape index (κ1) is 19.7. The van der Waals surface area contributed by atoms with E-state index in [0.29, 0.717) is 0 Å². The molecule has 0 spiro atoms. The lowest BCUT2D eigenvalue weighted by Gasteiger charge is -2.39. The number of carbonyl (C=O) groups excluding carboxylic acids is 2. The van der Waals surface area contributed by atoms with E-state index in [1.165, 1.54) is 0 Å². The molecule has 2 bridgehead atoms. The maximum atomic E-state index is 13.1. The van der Waals surface area contributed by atoms with E-state index in [0.717, 1.165) is 42.3 Å². The van der Waals surface area contributed by atoms with E-state index in [-0.39, 0.29) is 28.8 Å². The monoisotopic (exact) mass is 393 g/mol. The maximum absolute atomic E-state index is 13.1. The normalized spacial score (nSPS) is 26.2. The SMILES string of the molecule is CC(NC(=O)Nc1cccc2ccccc12)C(=O)N1CC2(C)CC1CC(C)(C)C2. The molecule has 5 heteroatoms. The van der Waals surface area contributed by atoms with Crippen molar-refractivity contribution >= 4 is 28.4 Å². The summed E-state index contributed by atoms with van der Waals surface area (Å²) in [6.45, 7) is 9.45. The highest BCUT2D eigenvalue weighted by molar-refractivity contribution is 6.02. The van der Waals surface area contributed by atoms with Crippen molar-refractivity contribution < 1.29 is 9.59 Å². The van der Waals surface area contributed by atoms with Crippen molar-refractivity contribution in [2.75, 3.05) is 11.9 Å². The summed E-state index contributed by atoms with van der Waals surface area (Å²) in [5.74, 6) is 0.0181. The number of fused-ring (bicyclic) bond motifs is 3. The second-order valence-corrected chi connectivity index (χ2v) is 10.0. The number of hydrogen-bond donors (Lipinski definition) is 2. The minimum atomic E-state index is -0.559. The largest absolute Gasteiger partial charge is 0.337 e. The molecule has 4 rings (SSSR count).